The minimum atomic E-state index is -0.373. The lowest BCUT2D eigenvalue weighted by Gasteiger charge is -2.30. The van der Waals surface area contributed by atoms with Gasteiger partial charge in [0.05, 0.1) is 5.41 Å². The van der Waals surface area contributed by atoms with E-state index < -0.39 is 0 Å². The smallest absolute Gasteiger partial charge is 0.0725 e. The van der Waals surface area contributed by atoms with Crippen LogP contribution in [0.2, 0.25) is 0 Å². The number of benzene rings is 11. The summed E-state index contributed by atoms with van der Waals surface area (Å²) in [5, 5.41) is 2.64. The van der Waals surface area contributed by atoms with Crippen LogP contribution in [-0.2, 0) is 5.41 Å². The number of hydrogen-bond donors (Lipinski definition) is 0. The molecule has 14 rings (SSSR count). The van der Waals surface area contributed by atoms with Gasteiger partial charge in [0.2, 0.25) is 0 Å². The molecule has 0 bridgehead atoms. The Bertz CT molecular complexity index is 3650. The van der Waals surface area contributed by atoms with Crippen LogP contribution >= 0.6 is 0 Å². The second-order valence-electron chi connectivity index (χ2n) is 17.9. The molecule has 66 heavy (non-hydrogen) atoms. The molecule has 0 saturated heterocycles. The van der Waals surface area contributed by atoms with Crippen LogP contribution in [0.15, 0.2) is 249 Å². The Balaban J connectivity index is 0.881. The number of hydrogen-bond acceptors (Lipinski definition) is 1. The van der Waals surface area contributed by atoms with Crippen LogP contribution < -0.4 is 4.90 Å². The first-order chi connectivity index (χ1) is 32.8. The zero-order chi connectivity index (χ0) is 43.3. The molecule has 0 radical (unpaired) electrons. The number of rotatable bonds is 6. The van der Waals surface area contributed by atoms with E-state index in [-0.39, 0.29) is 5.41 Å². The maximum absolute atomic E-state index is 2.39. The molecule has 1 spiro atoms. The fourth-order valence-electron chi connectivity index (χ4n) is 11.9. The largest absolute Gasteiger partial charge is 0.311 e. The van der Waals surface area contributed by atoms with E-state index >= 15 is 0 Å². The number of fused-ring (bicyclic) bond motifs is 13. The molecule has 0 aliphatic heterocycles. The van der Waals surface area contributed by atoms with Crippen LogP contribution in [-0.4, -0.2) is 0 Å². The highest BCUT2D eigenvalue weighted by molar-refractivity contribution is 6.18. The van der Waals surface area contributed by atoms with Gasteiger partial charge < -0.3 is 4.90 Å². The predicted octanol–water partition coefficient (Wildman–Crippen LogP) is 17.3. The molecule has 0 N–H and O–H groups in total. The van der Waals surface area contributed by atoms with Crippen molar-refractivity contribution in [2.45, 2.75) is 5.41 Å². The molecule has 0 aromatic heterocycles. The van der Waals surface area contributed by atoms with Gasteiger partial charge in [-0.25, -0.2) is 0 Å². The van der Waals surface area contributed by atoms with Gasteiger partial charge in [-0.15, -0.1) is 0 Å². The molecule has 0 fully saturated rings. The summed E-state index contributed by atoms with van der Waals surface area (Å²) in [6.45, 7) is 0. The van der Waals surface area contributed by atoms with Crippen molar-refractivity contribution in [1.29, 1.82) is 0 Å². The quantitative estimate of drug-likeness (QED) is 0.161. The minimum absolute atomic E-state index is 0.373. The number of nitrogens with zero attached hydrogens (tertiary/aromatic N) is 1. The van der Waals surface area contributed by atoms with Crippen molar-refractivity contribution in [2.75, 3.05) is 4.90 Å². The molecule has 0 heterocycles. The van der Waals surface area contributed by atoms with Crippen LogP contribution in [0.4, 0.5) is 17.1 Å². The summed E-state index contributed by atoms with van der Waals surface area (Å²) in [5.74, 6) is 0. The van der Waals surface area contributed by atoms with Crippen molar-refractivity contribution in [3.8, 4) is 77.9 Å². The highest BCUT2D eigenvalue weighted by Crippen LogP contribution is 2.64. The van der Waals surface area contributed by atoms with Crippen LogP contribution in [0.25, 0.3) is 88.7 Å². The van der Waals surface area contributed by atoms with Gasteiger partial charge in [-0.2, -0.15) is 0 Å². The van der Waals surface area contributed by atoms with Crippen molar-refractivity contribution in [3.63, 3.8) is 0 Å². The molecule has 0 saturated carbocycles. The van der Waals surface area contributed by atoms with Crippen LogP contribution in [0.1, 0.15) is 22.3 Å². The Hall–Kier alpha value is -8.52. The van der Waals surface area contributed by atoms with E-state index in [2.05, 4.69) is 254 Å². The highest BCUT2D eigenvalue weighted by Gasteiger charge is 2.52. The molecule has 11 aromatic carbocycles. The topological polar surface area (TPSA) is 3.24 Å². The van der Waals surface area contributed by atoms with Crippen molar-refractivity contribution >= 4 is 27.8 Å². The fourth-order valence-corrected chi connectivity index (χ4v) is 11.9. The monoisotopic (exact) mass is 835 g/mol. The lowest BCUT2D eigenvalue weighted by Crippen LogP contribution is -2.25. The summed E-state index contributed by atoms with van der Waals surface area (Å²) >= 11 is 0. The summed E-state index contributed by atoms with van der Waals surface area (Å²) in [7, 11) is 0. The molecule has 1 nitrogen and oxygen atoms in total. The van der Waals surface area contributed by atoms with Crippen molar-refractivity contribution in [1.82, 2.24) is 0 Å². The normalized spacial score (nSPS) is 13.0. The SMILES string of the molecule is c1ccc(-c2ccc(N(c3ccc(-c4cccc5c4-c4ccccc4C54c5ccccc5-c5ccccc54)cc3)c3ccc(-c4ccc5c6c(cccc46)-c4ccccc4-5)cc3)cc2)cc1. The summed E-state index contributed by atoms with van der Waals surface area (Å²) < 4.78 is 0. The molecule has 11 aromatic rings. The van der Waals surface area contributed by atoms with Crippen molar-refractivity contribution in [3.05, 3.63) is 271 Å². The second-order valence-corrected chi connectivity index (χ2v) is 17.9. The van der Waals surface area contributed by atoms with Crippen LogP contribution in [0.3, 0.4) is 0 Å². The second kappa shape index (κ2) is 14.2. The molecule has 0 unspecified atom stereocenters. The fraction of sp³-hybridized carbons (Fsp3) is 0.0154. The van der Waals surface area contributed by atoms with E-state index in [1.807, 2.05) is 0 Å². The van der Waals surface area contributed by atoms with Crippen LogP contribution in [0.5, 0.6) is 0 Å². The van der Waals surface area contributed by atoms with Gasteiger partial charge >= 0.3 is 0 Å². The summed E-state index contributed by atoms with van der Waals surface area (Å²) in [6, 6.07) is 92.3. The van der Waals surface area contributed by atoms with E-state index in [0.717, 1.165) is 17.1 Å². The first kappa shape index (κ1) is 36.9. The zero-order valence-electron chi connectivity index (χ0n) is 36.1. The van der Waals surface area contributed by atoms with Gasteiger partial charge in [-0.05, 0) is 147 Å². The maximum atomic E-state index is 2.39. The molecule has 3 aliphatic rings. The molecule has 0 amide bonds. The average molecular weight is 836 g/mol. The third-order valence-electron chi connectivity index (χ3n) is 14.7. The third-order valence-corrected chi connectivity index (χ3v) is 14.7. The Kier molecular flexibility index (Phi) is 7.97. The lowest BCUT2D eigenvalue weighted by molar-refractivity contribution is 0.794. The summed E-state index contributed by atoms with van der Waals surface area (Å²) in [6.07, 6.45) is 0. The molecular formula is C65H41N. The Labute approximate surface area is 385 Å². The Morgan fingerprint density at radius 1 is 0.227 bits per heavy atom. The van der Waals surface area contributed by atoms with E-state index in [1.165, 1.54) is 111 Å². The van der Waals surface area contributed by atoms with Crippen LogP contribution in [0, 0.1) is 0 Å². The van der Waals surface area contributed by atoms with E-state index in [1.54, 1.807) is 0 Å². The third kappa shape index (κ3) is 5.17. The Morgan fingerprint density at radius 2 is 0.621 bits per heavy atom. The minimum Gasteiger partial charge on any atom is -0.311 e. The van der Waals surface area contributed by atoms with Gasteiger partial charge in [-0.3, -0.25) is 0 Å². The molecule has 3 aliphatic carbocycles. The summed E-state index contributed by atoms with van der Waals surface area (Å²) in [4.78, 5) is 2.39. The van der Waals surface area contributed by atoms with Gasteiger partial charge in [0.1, 0.15) is 0 Å². The standard InChI is InChI=1S/C65H41N/c1-2-14-42(15-3-1)43-28-34-46(35-29-43)66(47-36-30-44(31-37-47)49-40-41-57-52-17-5-4-16-51(52)56-23-12-22-55(49)63(56)57)48-38-32-45(33-39-48)50-21-13-27-62-64(50)58-20-8-11-26-61(58)65(62)59-24-9-6-18-53(59)54-19-7-10-25-60(54)65/h1-41H. The molecule has 0 atom stereocenters. The van der Waals surface area contributed by atoms with E-state index in [0.29, 0.717) is 0 Å². The maximum Gasteiger partial charge on any atom is 0.0725 e. The van der Waals surface area contributed by atoms with Gasteiger partial charge in [0.25, 0.3) is 0 Å². The van der Waals surface area contributed by atoms with Gasteiger partial charge in [-0.1, -0.05) is 212 Å². The average Bonchev–Trinajstić information content (AvgIpc) is 4.00. The summed E-state index contributed by atoms with van der Waals surface area (Å²) in [5.41, 5.74) is 26.3. The first-order valence-electron chi connectivity index (χ1n) is 23.0. The van der Waals surface area contributed by atoms with Gasteiger partial charge in [0.15, 0.2) is 0 Å². The van der Waals surface area contributed by atoms with E-state index in [9.17, 15) is 0 Å². The zero-order valence-corrected chi connectivity index (χ0v) is 36.1. The molecule has 306 valence electrons. The lowest BCUT2D eigenvalue weighted by atomic mass is 9.70. The Morgan fingerprint density at radius 3 is 1.23 bits per heavy atom. The predicted molar refractivity (Wildman–Crippen MR) is 276 cm³/mol. The first-order valence-corrected chi connectivity index (χ1v) is 23.0. The molecule has 1 heteroatoms. The van der Waals surface area contributed by atoms with Gasteiger partial charge in [0, 0.05) is 17.1 Å². The highest BCUT2D eigenvalue weighted by atomic mass is 15.1. The number of anilines is 3. The van der Waals surface area contributed by atoms with Crippen molar-refractivity contribution in [2.24, 2.45) is 0 Å². The van der Waals surface area contributed by atoms with E-state index in [4.69, 9.17) is 0 Å². The van der Waals surface area contributed by atoms with Crippen molar-refractivity contribution < 1.29 is 0 Å². The molecular weight excluding hydrogens is 795 g/mol.